The maximum atomic E-state index is 5.60. The topological polar surface area (TPSA) is 16.4 Å². The molecule has 2 heteroatoms. The van der Waals surface area contributed by atoms with Crippen LogP contribution < -0.4 is 0 Å². The van der Waals surface area contributed by atoms with E-state index in [2.05, 4.69) is 25.1 Å². The van der Waals surface area contributed by atoms with Gasteiger partial charge in [0.1, 0.15) is 5.76 Å². The standard InChI is InChI=1S/C12H19NO/c1-13(2)12(8-4-3-5-9-12)11-7-6-10-14-11/h6-7,10H,3-5,8-9H2,1-2H3. The van der Waals surface area contributed by atoms with Crippen LogP contribution in [0.3, 0.4) is 0 Å². The van der Waals surface area contributed by atoms with E-state index in [4.69, 9.17) is 4.42 Å². The molecule has 1 aliphatic carbocycles. The second-order valence-corrected chi connectivity index (χ2v) is 4.46. The summed E-state index contributed by atoms with van der Waals surface area (Å²) in [6, 6.07) is 4.11. The molecule has 1 aromatic heterocycles. The lowest BCUT2D eigenvalue weighted by Crippen LogP contribution is -2.42. The Hall–Kier alpha value is -0.760. The Bertz CT molecular complexity index is 271. The first-order chi connectivity index (χ1) is 6.76. The fourth-order valence-electron chi connectivity index (χ4n) is 2.59. The average Bonchev–Trinajstić information content (AvgIpc) is 2.72. The minimum absolute atomic E-state index is 0.168. The van der Waals surface area contributed by atoms with Crippen LogP contribution in [0.5, 0.6) is 0 Å². The summed E-state index contributed by atoms with van der Waals surface area (Å²) < 4.78 is 5.60. The Kier molecular flexibility index (Phi) is 2.64. The normalized spacial score (nSPS) is 21.4. The Morgan fingerprint density at radius 3 is 2.43 bits per heavy atom. The van der Waals surface area contributed by atoms with Crippen molar-refractivity contribution in [1.82, 2.24) is 4.90 Å². The van der Waals surface area contributed by atoms with Crippen molar-refractivity contribution < 1.29 is 4.42 Å². The molecule has 14 heavy (non-hydrogen) atoms. The molecule has 0 N–H and O–H groups in total. The van der Waals surface area contributed by atoms with Crippen molar-refractivity contribution in [3.8, 4) is 0 Å². The van der Waals surface area contributed by atoms with Gasteiger partial charge in [0, 0.05) is 0 Å². The van der Waals surface area contributed by atoms with E-state index in [-0.39, 0.29) is 5.54 Å². The SMILES string of the molecule is CN(C)C1(c2ccco2)CCCCC1. The summed E-state index contributed by atoms with van der Waals surface area (Å²) in [4.78, 5) is 2.32. The summed E-state index contributed by atoms with van der Waals surface area (Å²) in [6.45, 7) is 0. The van der Waals surface area contributed by atoms with Crippen molar-refractivity contribution in [3.63, 3.8) is 0 Å². The molecular formula is C12H19NO. The van der Waals surface area contributed by atoms with Gasteiger partial charge in [0.05, 0.1) is 11.8 Å². The first-order valence-corrected chi connectivity index (χ1v) is 5.47. The van der Waals surface area contributed by atoms with Gasteiger partial charge in [0.25, 0.3) is 0 Å². The van der Waals surface area contributed by atoms with Crippen LogP contribution >= 0.6 is 0 Å². The number of rotatable bonds is 2. The molecule has 0 aromatic carbocycles. The van der Waals surface area contributed by atoms with Crippen LogP contribution in [0.25, 0.3) is 0 Å². The van der Waals surface area contributed by atoms with Crippen LogP contribution in [0, 0.1) is 0 Å². The predicted octanol–water partition coefficient (Wildman–Crippen LogP) is 3.00. The minimum Gasteiger partial charge on any atom is -0.467 e. The smallest absolute Gasteiger partial charge is 0.124 e. The molecule has 1 saturated carbocycles. The highest BCUT2D eigenvalue weighted by atomic mass is 16.3. The summed E-state index contributed by atoms with van der Waals surface area (Å²) in [5.74, 6) is 1.14. The van der Waals surface area contributed by atoms with E-state index in [1.54, 1.807) is 6.26 Å². The number of hydrogen-bond donors (Lipinski definition) is 0. The van der Waals surface area contributed by atoms with Crippen LogP contribution in [0.2, 0.25) is 0 Å². The fraction of sp³-hybridized carbons (Fsp3) is 0.667. The lowest BCUT2D eigenvalue weighted by molar-refractivity contribution is 0.0742. The van der Waals surface area contributed by atoms with Crippen LogP contribution in [-0.2, 0) is 5.54 Å². The molecule has 0 radical (unpaired) electrons. The molecule has 0 amide bonds. The van der Waals surface area contributed by atoms with Gasteiger partial charge in [-0.3, -0.25) is 4.90 Å². The molecule has 2 nitrogen and oxygen atoms in total. The lowest BCUT2D eigenvalue weighted by atomic mass is 9.79. The van der Waals surface area contributed by atoms with Crippen LogP contribution in [0.15, 0.2) is 22.8 Å². The summed E-state index contributed by atoms with van der Waals surface area (Å²) in [6.07, 6.45) is 8.25. The Balaban J connectivity index is 2.30. The highest BCUT2D eigenvalue weighted by molar-refractivity contribution is 5.13. The molecule has 0 saturated heterocycles. The Labute approximate surface area is 85.9 Å². The number of furan rings is 1. The van der Waals surface area contributed by atoms with E-state index in [9.17, 15) is 0 Å². The van der Waals surface area contributed by atoms with Gasteiger partial charge in [-0.15, -0.1) is 0 Å². The number of nitrogens with zero attached hydrogens (tertiary/aromatic N) is 1. The predicted molar refractivity (Wildman–Crippen MR) is 57.2 cm³/mol. The summed E-state index contributed by atoms with van der Waals surface area (Å²) >= 11 is 0. The maximum absolute atomic E-state index is 5.60. The van der Waals surface area contributed by atoms with Crippen molar-refractivity contribution in [1.29, 1.82) is 0 Å². The summed E-state index contributed by atoms with van der Waals surface area (Å²) in [5.41, 5.74) is 0.168. The van der Waals surface area contributed by atoms with Crippen molar-refractivity contribution in [2.24, 2.45) is 0 Å². The van der Waals surface area contributed by atoms with Crippen molar-refractivity contribution in [2.75, 3.05) is 14.1 Å². The molecule has 2 rings (SSSR count). The van der Waals surface area contributed by atoms with E-state index in [1.807, 2.05) is 6.07 Å². The third-order valence-corrected chi connectivity index (χ3v) is 3.52. The van der Waals surface area contributed by atoms with Gasteiger partial charge in [-0.1, -0.05) is 19.3 Å². The Morgan fingerprint density at radius 1 is 1.21 bits per heavy atom. The summed E-state index contributed by atoms with van der Waals surface area (Å²) in [7, 11) is 4.32. The zero-order valence-electron chi connectivity index (χ0n) is 9.12. The zero-order valence-corrected chi connectivity index (χ0v) is 9.12. The maximum Gasteiger partial charge on any atom is 0.124 e. The second-order valence-electron chi connectivity index (χ2n) is 4.46. The molecular weight excluding hydrogens is 174 g/mol. The highest BCUT2D eigenvalue weighted by Gasteiger charge is 2.38. The fourth-order valence-corrected chi connectivity index (χ4v) is 2.59. The quantitative estimate of drug-likeness (QED) is 0.718. The first kappa shape index (κ1) is 9.78. The van der Waals surface area contributed by atoms with Gasteiger partial charge in [-0.25, -0.2) is 0 Å². The molecule has 0 aliphatic heterocycles. The van der Waals surface area contributed by atoms with E-state index >= 15 is 0 Å². The van der Waals surface area contributed by atoms with E-state index in [0.29, 0.717) is 0 Å². The minimum atomic E-state index is 0.168. The van der Waals surface area contributed by atoms with Crippen molar-refractivity contribution >= 4 is 0 Å². The van der Waals surface area contributed by atoms with Gasteiger partial charge >= 0.3 is 0 Å². The van der Waals surface area contributed by atoms with Gasteiger partial charge in [0.2, 0.25) is 0 Å². The largest absolute Gasteiger partial charge is 0.467 e. The average molecular weight is 193 g/mol. The van der Waals surface area contributed by atoms with E-state index < -0.39 is 0 Å². The van der Waals surface area contributed by atoms with Gasteiger partial charge in [0.15, 0.2) is 0 Å². The molecule has 1 aliphatic rings. The van der Waals surface area contributed by atoms with E-state index in [1.165, 1.54) is 32.1 Å². The molecule has 1 fully saturated rings. The van der Waals surface area contributed by atoms with Gasteiger partial charge < -0.3 is 4.42 Å². The van der Waals surface area contributed by atoms with Crippen molar-refractivity contribution in [3.05, 3.63) is 24.2 Å². The Morgan fingerprint density at radius 2 is 1.93 bits per heavy atom. The molecule has 78 valence electrons. The van der Waals surface area contributed by atoms with Crippen molar-refractivity contribution in [2.45, 2.75) is 37.6 Å². The van der Waals surface area contributed by atoms with Crippen LogP contribution in [-0.4, -0.2) is 19.0 Å². The molecule has 1 aromatic rings. The number of hydrogen-bond acceptors (Lipinski definition) is 2. The van der Waals surface area contributed by atoms with Crippen LogP contribution in [0.4, 0.5) is 0 Å². The third kappa shape index (κ3) is 1.48. The molecule has 0 unspecified atom stereocenters. The lowest BCUT2D eigenvalue weighted by Gasteiger charge is -2.41. The van der Waals surface area contributed by atoms with Crippen LogP contribution in [0.1, 0.15) is 37.9 Å². The first-order valence-electron chi connectivity index (χ1n) is 5.47. The van der Waals surface area contributed by atoms with E-state index in [0.717, 1.165) is 5.76 Å². The third-order valence-electron chi connectivity index (χ3n) is 3.52. The molecule has 0 atom stereocenters. The highest BCUT2D eigenvalue weighted by Crippen LogP contribution is 2.40. The summed E-state index contributed by atoms with van der Waals surface area (Å²) in [5, 5.41) is 0. The molecule has 0 spiro atoms. The monoisotopic (exact) mass is 193 g/mol. The van der Waals surface area contributed by atoms with Gasteiger partial charge in [-0.05, 0) is 39.1 Å². The van der Waals surface area contributed by atoms with Gasteiger partial charge in [-0.2, -0.15) is 0 Å². The molecule has 0 bridgehead atoms. The second kappa shape index (κ2) is 3.77. The zero-order chi connectivity index (χ0) is 10.0. The molecule has 1 heterocycles.